The molecule has 0 aromatic heterocycles. The quantitative estimate of drug-likeness (QED) is 0.920. The Kier molecular flexibility index (Phi) is 5.02. The van der Waals surface area contributed by atoms with Crippen LogP contribution in [0.2, 0.25) is 5.02 Å². The third kappa shape index (κ3) is 2.97. The van der Waals surface area contributed by atoms with Gasteiger partial charge in [0.15, 0.2) is 5.82 Å². The Morgan fingerprint density at radius 2 is 2.30 bits per heavy atom. The van der Waals surface area contributed by atoms with Crippen molar-refractivity contribution in [3.63, 3.8) is 0 Å². The summed E-state index contributed by atoms with van der Waals surface area (Å²) in [6.07, 6.45) is 1.64. The summed E-state index contributed by atoms with van der Waals surface area (Å²) in [5.74, 6) is -0.134. The van der Waals surface area contributed by atoms with Gasteiger partial charge in [-0.15, -0.1) is 0 Å². The largest absolute Gasteiger partial charge is 0.493 e. The van der Waals surface area contributed by atoms with Crippen LogP contribution in [0.4, 0.5) is 4.39 Å². The van der Waals surface area contributed by atoms with E-state index < -0.39 is 11.9 Å². The standard InChI is InChI=1S/C15H18ClFO3/c1-3-20-15-11(9(2)18)8-12(16)14(17)13(15)10-4-6-19-7-5-10/h4,8-9,18H,3,5-7H2,1-2H3. The van der Waals surface area contributed by atoms with Crippen LogP contribution in [0, 0.1) is 5.82 Å². The highest BCUT2D eigenvalue weighted by atomic mass is 35.5. The highest BCUT2D eigenvalue weighted by Crippen LogP contribution is 2.40. The third-order valence-electron chi connectivity index (χ3n) is 3.22. The summed E-state index contributed by atoms with van der Waals surface area (Å²) in [5.41, 5.74) is 1.65. The van der Waals surface area contributed by atoms with Crippen LogP contribution >= 0.6 is 11.6 Å². The van der Waals surface area contributed by atoms with E-state index in [4.69, 9.17) is 21.1 Å². The monoisotopic (exact) mass is 300 g/mol. The van der Waals surface area contributed by atoms with Crippen LogP contribution in [0.25, 0.3) is 5.57 Å². The maximum absolute atomic E-state index is 14.4. The number of hydrogen-bond donors (Lipinski definition) is 1. The van der Waals surface area contributed by atoms with Gasteiger partial charge in [-0.2, -0.15) is 0 Å². The molecule has 0 fully saturated rings. The number of aliphatic hydroxyl groups excluding tert-OH is 1. The fraction of sp³-hybridized carbons (Fsp3) is 0.467. The average Bonchev–Trinajstić information content (AvgIpc) is 2.44. The minimum absolute atomic E-state index is 0.00764. The first-order valence-corrected chi connectivity index (χ1v) is 7.04. The molecule has 5 heteroatoms. The summed E-state index contributed by atoms with van der Waals surface area (Å²) in [6.45, 7) is 4.79. The molecule has 3 nitrogen and oxygen atoms in total. The second kappa shape index (κ2) is 6.57. The maximum Gasteiger partial charge on any atom is 0.153 e. The van der Waals surface area contributed by atoms with E-state index in [1.165, 1.54) is 6.07 Å². The number of hydrogen-bond acceptors (Lipinski definition) is 3. The van der Waals surface area contributed by atoms with Crippen molar-refractivity contribution < 1.29 is 19.0 Å². The van der Waals surface area contributed by atoms with E-state index in [0.29, 0.717) is 43.1 Å². The zero-order chi connectivity index (χ0) is 14.7. The molecule has 1 aliphatic heterocycles. The van der Waals surface area contributed by atoms with Crippen molar-refractivity contribution in [2.24, 2.45) is 0 Å². The van der Waals surface area contributed by atoms with Crippen molar-refractivity contribution in [1.29, 1.82) is 0 Å². The van der Waals surface area contributed by atoms with Crippen LogP contribution in [-0.2, 0) is 4.74 Å². The molecule has 1 N–H and O–H groups in total. The maximum atomic E-state index is 14.4. The van der Waals surface area contributed by atoms with E-state index >= 15 is 0 Å². The number of aliphatic hydroxyl groups is 1. The van der Waals surface area contributed by atoms with Gasteiger partial charge in [0.1, 0.15) is 5.75 Å². The van der Waals surface area contributed by atoms with E-state index in [1.807, 2.05) is 13.0 Å². The third-order valence-corrected chi connectivity index (χ3v) is 3.50. The van der Waals surface area contributed by atoms with Crippen molar-refractivity contribution in [1.82, 2.24) is 0 Å². The SMILES string of the molecule is CCOc1c(C(C)O)cc(Cl)c(F)c1C1=CCOCC1. The zero-order valence-corrected chi connectivity index (χ0v) is 12.3. The van der Waals surface area contributed by atoms with E-state index in [1.54, 1.807) is 6.92 Å². The first kappa shape index (κ1) is 15.3. The second-order valence-electron chi connectivity index (χ2n) is 4.63. The molecule has 0 bridgehead atoms. The van der Waals surface area contributed by atoms with Gasteiger partial charge in [-0.1, -0.05) is 17.7 Å². The lowest BCUT2D eigenvalue weighted by Gasteiger charge is -2.22. The molecule has 0 spiro atoms. The van der Waals surface area contributed by atoms with Crippen molar-refractivity contribution in [2.75, 3.05) is 19.8 Å². The van der Waals surface area contributed by atoms with E-state index in [2.05, 4.69) is 0 Å². The first-order chi connectivity index (χ1) is 9.56. The molecule has 0 saturated carbocycles. The molecule has 0 aliphatic carbocycles. The van der Waals surface area contributed by atoms with Crippen molar-refractivity contribution in [3.8, 4) is 5.75 Å². The van der Waals surface area contributed by atoms with Crippen LogP contribution in [-0.4, -0.2) is 24.9 Å². The summed E-state index contributed by atoms with van der Waals surface area (Å²) in [7, 11) is 0. The molecule has 110 valence electrons. The van der Waals surface area contributed by atoms with E-state index in [9.17, 15) is 9.50 Å². The molecule has 20 heavy (non-hydrogen) atoms. The molecule has 0 radical (unpaired) electrons. The Balaban J connectivity index is 2.65. The van der Waals surface area contributed by atoms with Crippen LogP contribution in [0.5, 0.6) is 5.75 Å². The molecule has 1 atom stereocenters. The predicted molar refractivity (Wildman–Crippen MR) is 76.6 cm³/mol. The number of ether oxygens (including phenoxy) is 2. The van der Waals surface area contributed by atoms with Gasteiger partial charge in [0.25, 0.3) is 0 Å². The summed E-state index contributed by atoms with van der Waals surface area (Å²) in [6, 6.07) is 1.43. The Morgan fingerprint density at radius 3 is 2.85 bits per heavy atom. The number of benzene rings is 1. The van der Waals surface area contributed by atoms with Crippen LogP contribution in [0.15, 0.2) is 12.1 Å². The minimum Gasteiger partial charge on any atom is -0.493 e. The highest BCUT2D eigenvalue weighted by molar-refractivity contribution is 6.31. The van der Waals surface area contributed by atoms with Crippen LogP contribution in [0.3, 0.4) is 0 Å². The van der Waals surface area contributed by atoms with Crippen molar-refractivity contribution in [3.05, 3.63) is 34.1 Å². The van der Waals surface area contributed by atoms with Gasteiger partial charge in [0.2, 0.25) is 0 Å². The van der Waals surface area contributed by atoms with Gasteiger partial charge in [0, 0.05) is 5.56 Å². The van der Waals surface area contributed by atoms with Crippen molar-refractivity contribution >= 4 is 17.2 Å². The Labute approximate surface area is 123 Å². The van der Waals surface area contributed by atoms with E-state index in [0.717, 1.165) is 5.57 Å². The molecular formula is C15H18ClFO3. The lowest BCUT2D eigenvalue weighted by molar-refractivity contribution is 0.161. The first-order valence-electron chi connectivity index (χ1n) is 6.66. The fourth-order valence-electron chi connectivity index (χ4n) is 2.28. The summed E-state index contributed by atoms with van der Waals surface area (Å²) in [4.78, 5) is 0. The molecule has 1 heterocycles. The average molecular weight is 301 g/mol. The zero-order valence-electron chi connectivity index (χ0n) is 11.6. The van der Waals surface area contributed by atoms with Gasteiger partial charge in [0.05, 0.1) is 36.5 Å². The van der Waals surface area contributed by atoms with Gasteiger partial charge < -0.3 is 14.6 Å². The van der Waals surface area contributed by atoms with Crippen molar-refractivity contribution in [2.45, 2.75) is 26.4 Å². The summed E-state index contributed by atoms with van der Waals surface area (Å²) in [5, 5.41) is 9.86. The molecular weight excluding hydrogens is 283 g/mol. The highest BCUT2D eigenvalue weighted by Gasteiger charge is 2.24. The second-order valence-corrected chi connectivity index (χ2v) is 5.04. The molecule has 1 aliphatic rings. The lowest BCUT2D eigenvalue weighted by atomic mass is 9.95. The molecule has 1 aromatic carbocycles. The van der Waals surface area contributed by atoms with Crippen LogP contribution < -0.4 is 4.74 Å². The Morgan fingerprint density at radius 1 is 1.55 bits per heavy atom. The molecule has 1 aromatic rings. The molecule has 0 amide bonds. The lowest BCUT2D eigenvalue weighted by Crippen LogP contribution is -2.10. The smallest absolute Gasteiger partial charge is 0.153 e. The van der Waals surface area contributed by atoms with Gasteiger partial charge >= 0.3 is 0 Å². The number of rotatable bonds is 4. The number of halogens is 2. The van der Waals surface area contributed by atoms with E-state index in [-0.39, 0.29) is 5.02 Å². The Hall–Kier alpha value is -1.10. The van der Waals surface area contributed by atoms with Gasteiger partial charge in [-0.05, 0) is 31.9 Å². The minimum atomic E-state index is -0.783. The fourth-order valence-corrected chi connectivity index (χ4v) is 2.49. The summed E-state index contributed by atoms with van der Waals surface area (Å²) < 4.78 is 25.3. The van der Waals surface area contributed by atoms with Crippen LogP contribution in [0.1, 0.15) is 37.5 Å². The Bertz CT molecular complexity index is 526. The normalized spacial score (nSPS) is 16.8. The van der Waals surface area contributed by atoms with Gasteiger partial charge in [-0.25, -0.2) is 4.39 Å². The molecule has 1 unspecified atom stereocenters. The summed E-state index contributed by atoms with van der Waals surface area (Å²) >= 11 is 5.95. The predicted octanol–water partition coefficient (Wildman–Crippen LogP) is 3.73. The molecule has 0 saturated heterocycles. The van der Waals surface area contributed by atoms with Gasteiger partial charge in [-0.3, -0.25) is 0 Å². The topological polar surface area (TPSA) is 38.7 Å². The molecule has 2 rings (SSSR count).